The highest BCUT2D eigenvalue weighted by Gasteiger charge is 2.21. The summed E-state index contributed by atoms with van der Waals surface area (Å²) < 4.78 is 3.54. The third kappa shape index (κ3) is 6.07. The van der Waals surface area contributed by atoms with E-state index in [2.05, 4.69) is 24.5 Å². The van der Waals surface area contributed by atoms with Crippen molar-refractivity contribution in [1.29, 1.82) is 0 Å². The van der Waals surface area contributed by atoms with Gasteiger partial charge in [-0.15, -0.1) is 0 Å². The first kappa shape index (κ1) is 22.5. The SMILES string of the molecule is CCCCN(CCCC)C(=O)Nc1cc(NC(=O)c2n(C)cc[n+]2C)ccc1C. The number of urea groups is 1. The molecule has 0 unspecified atom stereocenters. The fourth-order valence-electron chi connectivity index (χ4n) is 3.14. The molecule has 1 aromatic heterocycles. The topological polar surface area (TPSA) is 70.2 Å². The molecule has 2 rings (SSSR count). The van der Waals surface area contributed by atoms with Crippen LogP contribution in [0.5, 0.6) is 0 Å². The highest BCUT2D eigenvalue weighted by Crippen LogP contribution is 2.21. The predicted octanol–water partition coefficient (Wildman–Crippen LogP) is 3.84. The van der Waals surface area contributed by atoms with E-state index in [4.69, 9.17) is 0 Å². The zero-order chi connectivity index (χ0) is 21.4. The molecule has 7 heteroatoms. The molecule has 7 nitrogen and oxygen atoms in total. The molecule has 1 heterocycles. The summed E-state index contributed by atoms with van der Waals surface area (Å²) in [4.78, 5) is 27.3. The van der Waals surface area contributed by atoms with Gasteiger partial charge >= 0.3 is 17.8 Å². The number of carbonyl (C=O) groups excluding carboxylic acids is 2. The van der Waals surface area contributed by atoms with Gasteiger partial charge < -0.3 is 15.5 Å². The quantitative estimate of drug-likeness (QED) is 0.628. The van der Waals surface area contributed by atoms with Crippen LogP contribution >= 0.6 is 0 Å². The Hall–Kier alpha value is -2.83. The average Bonchev–Trinajstić information content (AvgIpc) is 3.02. The monoisotopic (exact) mass is 400 g/mol. The molecular formula is C22H34N5O2+. The van der Waals surface area contributed by atoms with Crippen molar-refractivity contribution < 1.29 is 14.2 Å². The second kappa shape index (κ2) is 10.6. The van der Waals surface area contributed by atoms with E-state index in [-0.39, 0.29) is 11.9 Å². The number of benzene rings is 1. The van der Waals surface area contributed by atoms with E-state index in [1.807, 2.05) is 56.5 Å². The highest BCUT2D eigenvalue weighted by molar-refractivity contribution is 6.01. The van der Waals surface area contributed by atoms with E-state index in [0.717, 1.165) is 44.3 Å². The van der Waals surface area contributed by atoms with E-state index in [9.17, 15) is 9.59 Å². The summed E-state index contributed by atoms with van der Waals surface area (Å²) in [6.07, 6.45) is 7.73. The number of anilines is 2. The van der Waals surface area contributed by atoms with Crippen molar-refractivity contribution in [3.63, 3.8) is 0 Å². The van der Waals surface area contributed by atoms with Gasteiger partial charge in [0.1, 0.15) is 12.4 Å². The molecule has 0 saturated heterocycles. The summed E-state index contributed by atoms with van der Waals surface area (Å²) in [6.45, 7) is 7.70. The minimum atomic E-state index is -0.200. The Morgan fingerprint density at radius 3 is 2.31 bits per heavy atom. The molecule has 2 N–H and O–H groups in total. The van der Waals surface area contributed by atoms with Crippen LogP contribution in [-0.2, 0) is 14.1 Å². The summed E-state index contributed by atoms with van der Waals surface area (Å²) in [5.74, 6) is 0.343. The molecule has 0 fully saturated rings. The molecule has 158 valence electrons. The van der Waals surface area contributed by atoms with Gasteiger partial charge in [0.05, 0.1) is 14.1 Å². The van der Waals surface area contributed by atoms with E-state index in [1.165, 1.54) is 0 Å². The Morgan fingerprint density at radius 2 is 1.76 bits per heavy atom. The van der Waals surface area contributed by atoms with Crippen molar-refractivity contribution in [1.82, 2.24) is 9.47 Å². The Labute approximate surface area is 173 Å². The van der Waals surface area contributed by atoms with Gasteiger partial charge in [-0.25, -0.2) is 13.9 Å². The molecule has 0 atom stereocenters. The van der Waals surface area contributed by atoms with Crippen molar-refractivity contribution in [2.45, 2.75) is 46.5 Å². The van der Waals surface area contributed by atoms with Crippen LogP contribution in [0.4, 0.5) is 16.2 Å². The van der Waals surface area contributed by atoms with Gasteiger partial charge in [-0.2, -0.15) is 0 Å². The molecule has 0 radical (unpaired) electrons. The first-order chi connectivity index (χ1) is 13.9. The maximum atomic E-state index is 12.8. The molecule has 1 aromatic carbocycles. The van der Waals surface area contributed by atoms with E-state index >= 15 is 0 Å². The van der Waals surface area contributed by atoms with Crippen LogP contribution in [0.15, 0.2) is 30.6 Å². The van der Waals surface area contributed by atoms with Gasteiger partial charge in [0.2, 0.25) is 0 Å². The lowest BCUT2D eigenvalue weighted by molar-refractivity contribution is -0.672. The van der Waals surface area contributed by atoms with Crippen molar-refractivity contribution in [2.24, 2.45) is 14.1 Å². The number of unbranched alkanes of at least 4 members (excludes halogenated alkanes) is 2. The summed E-state index contributed by atoms with van der Waals surface area (Å²) in [5, 5.41) is 5.94. The number of hydrogen-bond acceptors (Lipinski definition) is 2. The fraction of sp³-hybridized carbons (Fsp3) is 0.500. The average molecular weight is 401 g/mol. The maximum Gasteiger partial charge on any atom is 0.347 e. The van der Waals surface area contributed by atoms with Gasteiger partial charge in [-0.05, 0) is 37.5 Å². The Balaban J connectivity index is 2.13. The Morgan fingerprint density at radius 1 is 1.10 bits per heavy atom. The molecule has 0 bridgehead atoms. The van der Waals surface area contributed by atoms with E-state index < -0.39 is 0 Å². The molecule has 29 heavy (non-hydrogen) atoms. The largest absolute Gasteiger partial charge is 0.347 e. The number of nitrogens with zero attached hydrogens (tertiary/aromatic N) is 3. The lowest BCUT2D eigenvalue weighted by Crippen LogP contribution is -2.37. The minimum absolute atomic E-state index is 0.0905. The highest BCUT2D eigenvalue weighted by atomic mass is 16.2. The van der Waals surface area contributed by atoms with Crippen LogP contribution < -0.4 is 15.2 Å². The maximum absolute atomic E-state index is 12.8. The number of nitrogens with one attached hydrogen (secondary N) is 2. The third-order valence-electron chi connectivity index (χ3n) is 4.97. The summed E-state index contributed by atoms with van der Waals surface area (Å²) in [5.41, 5.74) is 2.31. The zero-order valence-corrected chi connectivity index (χ0v) is 18.3. The zero-order valence-electron chi connectivity index (χ0n) is 18.3. The summed E-state index contributed by atoms with van der Waals surface area (Å²) >= 11 is 0. The van der Waals surface area contributed by atoms with Crippen molar-refractivity contribution >= 4 is 23.3 Å². The summed E-state index contributed by atoms with van der Waals surface area (Å²) in [7, 11) is 3.66. The number of aryl methyl sites for hydroxylation is 3. The first-order valence-corrected chi connectivity index (χ1v) is 10.4. The Bertz CT molecular complexity index is 816. The fourth-order valence-corrected chi connectivity index (χ4v) is 3.14. The van der Waals surface area contributed by atoms with Gasteiger partial charge in [0, 0.05) is 24.5 Å². The Kier molecular flexibility index (Phi) is 8.24. The van der Waals surface area contributed by atoms with Gasteiger partial charge in [-0.3, -0.25) is 4.79 Å². The van der Waals surface area contributed by atoms with Crippen molar-refractivity contribution in [3.05, 3.63) is 42.0 Å². The molecule has 0 aliphatic heterocycles. The molecule has 3 amide bonds. The van der Waals surface area contributed by atoms with Crippen LogP contribution in [0.2, 0.25) is 0 Å². The molecule has 2 aromatic rings. The second-order valence-electron chi connectivity index (χ2n) is 7.45. The number of carbonyl (C=O) groups is 2. The number of aromatic nitrogens is 2. The van der Waals surface area contributed by atoms with Crippen LogP contribution in [0.1, 0.15) is 55.7 Å². The third-order valence-corrected chi connectivity index (χ3v) is 4.97. The van der Waals surface area contributed by atoms with Crippen LogP contribution in [0, 0.1) is 6.92 Å². The number of imidazole rings is 1. The minimum Gasteiger partial charge on any atom is -0.325 e. The number of hydrogen-bond donors (Lipinski definition) is 2. The second-order valence-corrected chi connectivity index (χ2v) is 7.45. The molecule has 0 spiro atoms. The number of amides is 3. The van der Waals surface area contributed by atoms with Gasteiger partial charge in [0.25, 0.3) is 0 Å². The smallest absolute Gasteiger partial charge is 0.325 e. The van der Waals surface area contributed by atoms with Gasteiger partial charge in [0.15, 0.2) is 0 Å². The van der Waals surface area contributed by atoms with Crippen LogP contribution in [0.3, 0.4) is 0 Å². The molecule has 0 aliphatic carbocycles. The predicted molar refractivity (Wildman–Crippen MR) is 116 cm³/mol. The normalized spacial score (nSPS) is 10.7. The van der Waals surface area contributed by atoms with Crippen molar-refractivity contribution in [3.8, 4) is 0 Å². The lowest BCUT2D eigenvalue weighted by Gasteiger charge is -2.23. The first-order valence-electron chi connectivity index (χ1n) is 10.4. The van der Waals surface area contributed by atoms with E-state index in [0.29, 0.717) is 17.2 Å². The number of rotatable bonds is 9. The lowest BCUT2D eigenvalue weighted by atomic mass is 10.1. The van der Waals surface area contributed by atoms with Crippen LogP contribution in [-0.4, -0.2) is 34.5 Å². The van der Waals surface area contributed by atoms with Gasteiger partial charge in [-0.1, -0.05) is 32.8 Å². The molecular weight excluding hydrogens is 366 g/mol. The standard InChI is InChI=1S/C22H33N5O2/c1-6-8-12-27(13-9-7-2)22(29)24-19-16-18(11-10-17(19)3)23-20(28)21-25(4)14-15-26(21)5/h10-11,14-16H,6-9,12-13H2,1-5H3,(H-,23,24,28,29)/p+1. The van der Waals surface area contributed by atoms with E-state index in [1.54, 1.807) is 9.13 Å². The summed E-state index contributed by atoms with van der Waals surface area (Å²) in [6, 6.07) is 5.47. The molecule has 0 aliphatic rings. The van der Waals surface area contributed by atoms with Crippen LogP contribution in [0.25, 0.3) is 0 Å². The van der Waals surface area contributed by atoms with Crippen molar-refractivity contribution in [2.75, 3.05) is 23.7 Å². The molecule has 0 saturated carbocycles.